The van der Waals surface area contributed by atoms with E-state index in [-0.39, 0.29) is 12.2 Å². The van der Waals surface area contributed by atoms with Gasteiger partial charge in [-0.3, -0.25) is 0 Å². The maximum Gasteiger partial charge on any atom is 0.354 e. The van der Waals surface area contributed by atoms with Crippen molar-refractivity contribution < 1.29 is 18.3 Å². The molecule has 18 heavy (non-hydrogen) atoms. The van der Waals surface area contributed by atoms with Crippen LogP contribution in [0.5, 0.6) is 0 Å². The molecule has 7 heteroatoms. The van der Waals surface area contributed by atoms with Gasteiger partial charge < -0.3 is 10.4 Å². The number of carboxylic acid groups (broad SMARTS) is 1. The van der Waals surface area contributed by atoms with E-state index in [0.29, 0.717) is 18.7 Å². The van der Waals surface area contributed by atoms with Gasteiger partial charge in [-0.1, -0.05) is 6.07 Å². The number of pyridine rings is 1. The molecule has 1 aliphatic rings. The van der Waals surface area contributed by atoms with Crippen LogP contribution in [0.25, 0.3) is 0 Å². The van der Waals surface area contributed by atoms with Gasteiger partial charge in [0, 0.05) is 12.8 Å². The summed E-state index contributed by atoms with van der Waals surface area (Å²) in [6.07, 6.45) is 2.50. The summed E-state index contributed by atoms with van der Waals surface area (Å²) in [7, 11) is -3.09. The number of sulfone groups is 1. The van der Waals surface area contributed by atoms with Crippen LogP contribution in [0.15, 0.2) is 18.2 Å². The van der Waals surface area contributed by atoms with Crippen LogP contribution in [-0.2, 0) is 9.84 Å². The van der Waals surface area contributed by atoms with Crippen LogP contribution in [0.3, 0.4) is 0 Å². The SMILES string of the molecule is CS(=O)(=O)C1(CNc2cccc(C(=O)O)n2)CC1. The minimum Gasteiger partial charge on any atom is -0.477 e. The molecule has 0 saturated heterocycles. The summed E-state index contributed by atoms with van der Waals surface area (Å²) in [6.45, 7) is 0.266. The number of hydrogen-bond donors (Lipinski definition) is 2. The molecular formula is C11H14N2O4S. The Bertz CT molecular complexity index is 578. The van der Waals surface area contributed by atoms with Crippen molar-refractivity contribution >= 4 is 21.6 Å². The van der Waals surface area contributed by atoms with Gasteiger partial charge >= 0.3 is 5.97 Å². The van der Waals surface area contributed by atoms with E-state index < -0.39 is 20.6 Å². The van der Waals surface area contributed by atoms with Gasteiger partial charge in [0.15, 0.2) is 15.5 Å². The summed E-state index contributed by atoms with van der Waals surface area (Å²) < 4.78 is 22.4. The lowest BCUT2D eigenvalue weighted by Crippen LogP contribution is -2.30. The molecule has 0 unspecified atom stereocenters. The van der Waals surface area contributed by atoms with Crippen molar-refractivity contribution in [2.24, 2.45) is 0 Å². The van der Waals surface area contributed by atoms with Gasteiger partial charge in [0.25, 0.3) is 0 Å². The van der Waals surface area contributed by atoms with Gasteiger partial charge in [0.05, 0.1) is 4.75 Å². The number of aromatic carboxylic acids is 1. The number of nitrogens with one attached hydrogen (secondary N) is 1. The molecule has 1 aromatic heterocycles. The minimum atomic E-state index is -3.09. The maximum absolute atomic E-state index is 11.6. The van der Waals surface area contributed by atoms with E-state index in [9.17, 15) is 13.2 Å². The van der Waals surface area contributed by atoms with Gasteiger partial charge in [0.1, 0.15) is 5.82 Å². The van der Waals surface area contributed by atoms with E-state index in [4.69, 9.17) is 5.11 Å². The third-order valence-corrected chi connectivity index (χ3v) is 5.28. The second kappa shape index (κ2) is 4.24. The van der Waals surface area contributed by atoms with E-state index in [1.807, 2.05) is 0 Å². The standard InChI is InChI=1S/C11H14N2O4S/c1-18(16,17)11(5-6-11)7-12-9-4-2-3-8(13-9)10(14)15/h2-4H,5-7H2,1H3,(H,12,13)(H,14,15). The first-order valence-corrected chi connectivity index (χ1v) is 7.37. The molecule has 1 saturated carbocycles. The van der Waals surface area contributed by atoms with Gasteiger partial charge in [-0.05, 0) is 25.0 Å². The number of carboxylic acids is 1. The first kappa shape index (κ1) is 12.8. The highest BCUT2D eigenvalue weighted by molar-refractivity contribution is 7.92. The van der Waals surface area contributed by atoms with E-state index >= 15 is 0 Å². The van der Waals surface area contributed by atoms with Crippen molar-refractivity contribution in [1.29, 1.82) is 0 Å². The number of nitrogens with zero attached hydrogens (tertiary/aromatic N) is 1. The Hall–Kier alpha value is -1.63. The number of hydrogen-bond acceptors (Lipinski definition) is 5. The summed E-state index contributed by atoms with van der Waals surface area (Å²) in [5, 5.41) is 11.7. The number of carbonyl (C=O) groups is 1. The van der Waals surface area contributed by atoms with Gasteiger partial charge in [-0.25, -0.2) is 18.2 Å². The molecule has 98 valence electrons. The molecule has 1 aromatic rings. The van der Waals surface area contributed by atoms with Crippen molar-refractivity contribution in [2.75, 3.05) is 18.1 Å². The minimum absolute atomic E-state index is 0.0656. The Balaban J connectivity index is 2.08. The Kier molecular flexibility index (Phi) is 3.02. The smallest absolute Gasteiger partial charge is 0.354 e. The molecule has 0 bridgehead atoms. The number of rotatable bonds is 5. The number of anilines is 1. The van der Waals surface area contributed by atoms with E-state index in [2.05, 4.69) is 10.3 Å². The van der Waals surface area contributed by atoms with Crippen LogP contribution in [0.4, 0.5) is 5.82 Å². The highest BCUT2D eigenvalue weighted by Gasteiger charge is 2.51. The van der Waals surface area contributed by atoms with Crippen molar-refractivity contribution in [1.82, 2.24) is 4.98 Å². The van der Waals surface area contributed by atoms with Crippen LogP contribution in [0, 0.1) is 0 Å². The average Bonchev–Trinajstić information content (AvgIpc) is 3.07. The third-order valence-electron chi connectivity index (χ3n) is 3.15. The first-order valence-electron chi connectivity index (χ1n) is 5.48. The molecule has 6 nitrogen and oxygen atoms in total. The Morgan fingerprint density at radius 2 is 2.17 bits per heavy atom. The van der Waals surface area contributed by atoms with Crippen LogP contribution in [-0.4, -0.2) is 42.0 Å². The van der Waals surface area contributed by atoms with Crippen molar-refractivity contribution in [3.63, 3.8) is 0 Å². The second-order valence-electron chi connectivity index (χ2n) is 4.52. The Morgan fingerprint density at radius 1 is 1.50 bits per heavy atom. The molecule has 0 spiro atoms. The highest BCUT2D eigenvalue weighted by Crippen LogP contribution is 2.42. The Labute approximate surface area is 105 Å². The first-order chi connectivity index (χ1) is 8.34. The van der Waals surface area contributed by atoms with Gasteiger partial charge in [0.2, 0.25) is 0 Å². The lowest BCUT2D eigenvalue weighted by molar-refractivity contribution is 0.0690. The van der Waals surface area contributed by atoms with E-state index in [0.717, 1.165) is 0 Å². The fourth-order valence-electron chi connectivity index (χ4n) is 1.72. The molecular weight excluding hydrogens is 256 g/mol. The third kappa shape index (κ3) is 2.45. The summed E-state index contributed by atoms with van der Waals surface area (Å²) in [6, 6.07) is 4.57. The largest absolute Gasteiger partial charge is 0.477 e. The summed E-state index contributed by atoms with van der Waals surface area (Å²) in [5.74, 6) is -0.729. The average molecular weight is 270 g/mol. The Morgan fingerprint density at radius 3 is 2.67 bits per heavy atom. The predicted octanol–water partition coefficient (Wildman–Crippen LogP) is 0.769. The van der Waals surface area contributed by atoms with E-state index in [1.165, 1.54) is 12.3 Å². The maximum atomic E-state index is 11.6. The lowest BCUT2D eigenvalue weighted by Gasteiger charge is -2.14. The van der Waals surface area contributed by atoms with Crippen LogP contribution in [0.2, 0.25) is 0 Å². The van der Waals surface area contributed by atoms with Crippen molar-refractivity contribution in [3.05, 3.63) is 23.9 Å². The molecule has 0 aromatic carbocycles. The van der Waals surface area contributed by atoms with Gasteiger partial charge in [-0.2, -0.15) is 0 Å². The normalized spacial score (nSPS) is 17.2. The molecule has 1 heterocycles. The summed E-state index contributed by atoms with van der Waals surface area (Å²) in [4.78, 5) is 14.6. The molecule has 2 N–H and O–H groups in total. The molecule has 0 amide bonds. The highest BCUT2D eigenvalue weighted by atomic mass is 32.2. The molecule has 1 fully saturated rings. The van der Waals surface area contributed by atoms with Crippen LogP contribution < -0.4 is 5.32 Å². The summed E-state index contributed by atoms with van der Waals surface area (Å²) in [5.41, 5.74) is -0.0656. The zero-order chi connectivity index (χ0) is 13.4. The van der Waals surface area contributed by atoms with Crippen LogP contribution in [0.1, 0.15) is 23.3 Å². The van der Waals surface area contributed by atoms with Crippen molar-refractivity contribution in [2.45, 2.75) is 17.6 Å². The van der Waals surface area contributed by atoms with E-state index in [1.54, 1.807) is 12.1 Å². The molecule has 0 radical (unpaired) electrons. The lowest BCUT2D eigenvalue weighted by atomic mass is 10.3. The van der Waals surface area contributed by atoms with Crippen LogP contribution >= 0.6 is 0 Å². The summed E-state index contributed by atoms with van der Waals surface area (Å²) >= 11 is 0. The van der Waals surface area contributed by atoms with Gasteiger partial charge in [-0.15, -0.1) is 0 Å². The fraction of sp³-hybridized carbons (Fsp3) is 0.455. The molecule has 1 aliphatic carbocycles. The fourth-order valence-corrected chi connectivity index (χ4v) is 2.90. The quantitative estimate of drug-likeness (QED) is 0.820. The second-order valence-corrected chi connectivity index (χ2v) is 6.93. The van der Waals surface area contributed by atoms with Crippen molar-refractivity contribution in [3.8, 4) is 0 Å². The molecule has 2 rings (SSSR count). The molecule has 0 aliphatic heterocycles. The molecule has 0 atom stereocenters. The predicted molar refractivity (Wildman–Crippen MR) is 66.5 cm³/mol. The topological polar surface area (TPSA) is 96.4 Å². The monoisotopic (exact) mass is 270 g/mol. The number of aromatic nitrogens is 1. The zero-order valence-electron chi connectivity index (χ0n) is 9.88. The zero-order valence-corrected chi connectivity index (χ0v) is 10.7.